The summed E-state index contributed by atoms with van der Waals surface area (Å²) >= 11 is 4.53. The van der Waals surface area contributed by atoms with Gasteiger partial charge in [0.1, 0.15) is 17.7 Å². The Morgan fingerprint density at radius 2 is 1.63 bits per heavy atom. The van der Waals surface area contributed by atoms with Crippen molar-refractivity contribution >= 4 is 30.4 Å². The first-order valence-corrected chi connectivity index (χ1v) is 17.6. The topological polar surface area (TPSA) is 64.2 Å². The summed E-state index contributed by atoms with van der Waals surface area (Å²) < 4.78 is 29.2. The second kappa shape index (κ2) is 13.7. The number of likely N-dealkylation sites (N-methyl/N-ethyl adjacent to an activating group) is 1. The Balaban J connectivity index is 1.74. The first-order chi connectivity index (χ1) is 21.3. The fourth-order valence-corrected chi connectivity index (χ4v) is 7.68. The highest BCUT2D eigenvalue weighted by molar-refractivity contribution is 7.80. The number of nitrogens with zero attached hydrogens (tertiary/aromatic N) is 4. The summed E-state index contributed by atoms with van der Waals surface area (Å²) in [6.45, 7) is 18.0. The van der Waals surface area contributed by atoms with Crippen LogP contribution in [-0.4, -0.2) is 100.0 Å². The van der Waals surface area contributed by atoms with E-state index in [0.717, 1.165) is 31.7 Å². The van der Waals surface area contributed by atoms with Gasteiger partial charge in [0.2, 0.25) is 17.7 Å². The lowest BCUT2D eigenvalue weighted by molar-refractivity contribution is -0.147. The number of likely N-dealkylation sites (tertiary alicyclic amines) is 2. The minimum Gasteiger partial charge on any atom is -0.344 e. The maximum absolute atomic E-state index is 15.3. The highest BCUT2D eigenvalue weighted by Gasteiger charge is 2.52. The Labute approximate surface area is 280 Å². The number of thiol groups is 1. The zero-order chi connectivity index (χ0) is 34.4. The molecule has 2 saturated heterocycles. The largest absolute Gasteiger partial charge is 0.344 e. The zero-order valence-electron chi connectivity index (χ0n) is 29.4. The molecule has 0 bridgehead atoms. The molecule has 3 fully saturated rings. The smallest absolute Gasteiger partial charge is 0.245 e. The number of hydrogen-bond donors (Lipinski definition) is 1. The molecule has 3 aliphatic rings. The van der Waals surface area contributed by atoms with E-state index in [-0.39, 0.29) is 47.3 Å². The molecule has 4 atom stereocenters. The van der Waals surface area contributed by atoms with Gasteiger partial charge in [-0.25, -0.2) is 8.78 Å². The van der Waals surface area contributed by atoms with Crippen LogP contribution in [0.4, 0.5) is 8.78 Å². The molecular formula is C36H56F2N4O3S. The van der Waals surface area contributed by atoms with Gasteiger partial charge in [-0.3, -0.25) is 19.3 Å². The molecular weight excluding hydrogens is 606 g/mol. The fraction of sp³-hybridized carbons (Fsp3) is 0.750. The van der Waals surface area contributed by atoms with Gasteiger partial charge < -0.3 is 14.7 Å². The molecule has 46 heavy (non-hydrogen) atoms. The van der Waals surface area contributed by atoms with Crippen molar-refractivity contribution in [3.05, 3.63) is 35.4 Å². The molecule has 7 nitrogen and oxygen atoms in total. The SMILES string of the molecule is CCN(C)C(=O)[C@@H]1C[C@H](N(C(=O)C(C)(C)CS)C2CCC(C)(C)CC2)CN1C(=O)[C@@H]1CN(C(C)(C)C)C[C@H]1c1ccc(F)cc1F. The van der Waals surface area contributed by atoms with Crippen LogP contribution in [0.5, 0.6) is 0 Å². The number of benzene rings is 1. The molecule has 1 aliphatic carbocycles. The zero-order valence-corrected chi connectivity index (χ0v) is 30.3. The molecule has 0 aromatic heterocycles. The third-order valence-corrected chi connectivity index (χ3v) is 11.7. The Bertz CT molecular complexity index is 1290. The Kier molecular flexibility index (Phi) is 10.9. The third kappa shape index (κ3) is 7.58. The first kappa shape index (κ1) is 36.6. The van der Waals surface area contributed by atoms with Gasteiger partial charge >= 0.3 is 0 Å². The number of carbonyl (C=O) groups is 3. The van der Waals surface area contributed by atoms with Gasteiger partial charge in [0.25, 0.3) is 0 Å². The van der Waals surface area contributed by atoms with Gasteiger partial charge in [-0.05, 0) is 76.8 Å². The molecule has 4 rings (SSSR count). The van der Waals surface area contributed by atoms with Crippen molar-refractivity contribution in [3.8, 4) is 0 Å². The van der Waals surface area contributed by atoms with Crippen molar-refractivity contribution in [2.24, 2.45) is 16.7 Å². The van der Waals surface area contributed by atoms with Crippen LogP contribution < -0.4 is 0 Å². The molecule has 2 heterocycles. The van der Waals surface area contributed by atoms with Gasteiger partial charge in [-0.15, -0.1) is 0 Å². The minimum absolute atomic E-state index is 0.00702. The minimum atomic E-state index is -0.737. The van der Waals surface area contributed by atoms with Gasteiger partial charge in [-0.1, -0.05) is 33.8 Å². The van der Waals surface area contributed by atoms with Crippen molar-refractivity contribution < 1.29 is 23.2 Å². The lowest BCUT2D eigenvalue weighted by atomic mass is 9.74. The Hall–Kier alpha value is -2.20. The quantitative estimate of drug-likeness (QED) is 0.348. The predicted octanol–water partition coefficient (Wildman–Crippen LogP) is 5.98. The first-order valence-electron chi connectivity index (χ1n) is 17.0. The number of rotatable bonds is 8. The highest BCUT2D eigenvalue weighted by Crippen LogP contribution is 2.43. The summed E-state index contributed by atoms with van der Waals surface area (Å²) in [6.07, 6.45) is 4.08. The number of halogens is 2. The van der Waals surface area contributed by atoms with Crippen LogP contribution in [0.1, 0.15) is 99.0 Å². The molecule has 1 aromatic carbocycles. The fourth-order valence-electron chi connectivity index (χ4n) is 7.54. The van der Waals surface area contributed by atoms with Crippen LogP contribution in [0.15, 0.2) is 18.2 Å². The average Bonchev–Trinajstić information content (AvgIpc) is 3.63. The van der Waals surface area contributed by atoms with E-state index >= 15 is 4.39 Å². The normalized spacial score (nSPS) is 26.0. The van der Waals surface area contributed by atoms with E-state index in [2.05, 4.69) is 52.1 Å². The number of amides is 3. The maximum Gasteiger partial charge on any atom is 0.245 e. The van der Waals surface area contributed by atoms with E-state index in [4.69, 9.17) is 0 Å². The van der Waals surface area contributed by atoms with Crippen molar-refractivity contribution in [1.82, 2.24) is 19.6 Å². The summed E-state index contributed by atoms with van der Waals surface area (Å²) in [4.78, 5) is 50.5. The lowest BCUT2D eigenvalue weighted by Gasteiger charge is -2.45. The molecule has 0 unspecified atom stereocenters. The van der Waals surface area contributed by atoms with E-state index in [9.17, 15) is 18.8 Å². The molecule has 258 valence electrons. The van der Waals surface area contributed by atoms with Crippen molar-refractivity contribution in [3.63, 3.8) is 0 Å². The summed E-state index contributed by atoms with van der Waals surface area (Å²) in [7, 11) is 1.74. The monoisotopic (exact) mass is 662 g/mol. The Morgan fingerprint density at radius 3 is 2.17 bits per heavy atom. The molecule has 1 aromatic rings. The van der Waals surface area contributed by atoms with Crippen molar-refractivity contribution in [2.45, 2.75) is 117 Å². The van der Waals surface area contributed by atoms with E-state index < -0.39 is 34.9 Å². The number of hydrogen-bond acceptors (Lipinski definition) is 5. The highest BCUT2D eigenvalue weighted by atomic mass is 32.1. The van der Waals surface area contributed by atoms with E-state index in [1.54, 1.807) is 16.8 Å². The number of carbonyl (C=O) groups excluding carboxylic acids is 3. The molecule has 10 heteroatoms. The predicted molar refractivity (Wildman–Crippen MR) is 182 cm³/mol. The van der Waals surface area contributed by atoms with Gasteiger partial charge in [0.05, 0.1) is 17.4 Å². The van der Waals surface area contributed by atoms with E-state index in [0.29, 0.717) is 37.4 Å². The van der Waals surface area contributed by atoms with Crippen molar-refractivity contribution in [1.29, 1.82) is 0 Å². The molecule has 0 spiro atoms. The standard InChI is InChI=1S/C36H56F2N4O3S/c1-10-39(9)32(44)30-18-25(42(33(45)36(7,8)22-46)24-13-15-35(5,6)16-14-24)19-41(30)31(43)28-21-40(34(2,3)4)20-27(28)26-12-11-23(37)17-29(26)38/h11-12,17,24-25,27-28,30,46H,10,13-16,18-22H2,1-9H3/t25-,27-,28+,30-/m0/s1. The van der Waals surface area contributed by atoms with Crippen LogP contribution in [-0.2, 0) is 14.4 Å². The molecule has 3 amide bonds. The van der Waals surface area contributed by atoms with E-state index in [1.807, 2.05) is 25.7 Å². The second-order valence-electron chi connectivity index (χ2n) is 16.4. The van der Waals surface area contributed by atoms with Crippen LogP contribution in [0.3, 0.4) is 0 Å². The lowest BCUT2D eigenvalue weighted by Crippen LogP contribution is -2.55. The molecule has 0 radical (unpaired) electrons. The van der Waals surface area contributed by atoms with Crippen molar-refractivity contribution in [2.75, 3.05) is 39.0 Å². The maximum atomic E-state index is 15.3. The second-order valence-corrected chi connectivity index (χ2v) is 16.7. The Morgan fingerprint density at radius 1 is 1.00 bits per heavy atom. The van der Waals surface area contributed by atoms with Gasteiger partial charge in [-0.2, -0.15) is 12.6 Å². The van der Waals surface area contributed by atoms with Crippen LogP contribution >= 0.6 is 12.6 Å². The molecule has 0 N–H and O–H groups in total. The summed E-state index contributed by atoms with van der Waals surface area (Å²) in [5.74, 6) is -2.44. The summed E-state index contributed by atoms with van der Waals surface area (Å²) in [6, 6.07) is 2.52. The van der Waals surface area contributed by atoms with Gasteiger partial charge in [0.15, 0.2) is 0 Å². The summed E-state index contributed by atoms with van der Waals surface area (Å²) in [5, 5.41) is 0. The van der Waals surface area contributed by atoms with Crippen LogP contribution in [0.25, 0.3) is 0 Å². The average molecular weight is 663 g/mol. The van der Waals surface area contributed by atoms with E-state index in [1.165, 1.54) is 12.1 Å². The summed E-state index contributed by atoms with van der Waals surface area (Å²) in [5.41, 5.74) is -0.480. The van der Waals surface area contributed by atoms with Gasteiger partial charge in [0, 0.05) is 62.5 Å². The third-order valence-electron chi connectivity index (χ3n) is 10.9. The van der Waals surface area contributed by atoms with Crippen LogP contribution in [0, 0.1) is 28.4 Å². The molecule has 2 aliphatic heterocycles. The van der Waals surface area contributed by atoms with Crippen LogP contribution in [0.2, 0.25) is 0 Å². The molecule has 1 saturated carbocycles.